The van der Waals surface area contributed by atoms with Crippen LogP contribution in [-0.4, -0.2) is 17.0 Å². The van der Waals surface area contributed by atoms with Crippen molar-refractivity contribution in [1.29, 1.82) is 0 Å². The summed E-state index contributed by atoms with van der Waals surface area (Å²) in [6.45, 7) is 3.80. The van der Waals surface area contributed by atoms with Crippen LogP contribution in [0.15, 0.2) is 0 Å². The predicted molar refractivity (Wildman–Crippen MR) is 52.5 cm³/mol. The van der Waals surface area contributed by atoms with E-state index in [1.165, 1.54) is 0 Å². The zero-order chi connectivity index (χ0) is 9.95. The van der Waals surface area contributed by atoms with Gasteiger partial charge in [0.25, 0.3) is 0 Å². The Morgan fingerprint density at radius 2 is 2.00 bits per heavy atom. The molecule has 1 fully saturated rings. The third-order valence-corrected chi connectivity index (χ3v) is 3.34. The summed E-state index contributed by atoms with van der Waals surface area (Å²) < 4.78 is 0. The Balaban J connectivity index is 2.63. The van der Waals surface area contributed by atoms with Crippen LogP contribution in [-0.2, 0) is 4.79 Å². The lowest BCUT2D eigenvalue weighted by Gasteiger charge is -2.31. The lowest BCUT2D eigenvalue weighted by Crippen LogP contribution is -2.33. The van der Waals surface area contributed by atoms with Gasteiger partial charge in [0.15, 0.2) is 0 Å². The van der Waals surface area contributed by atoms with Gasteiger partial charge in [0.05, 0.1) is 5.60 Å². The first-order valence-corrected chi connectivity index (χ1v) is 5.22. The molecule has 0 aromatic rings. The van der Waals surface area contributed by atoms with Gasteiger partial charge in [-0.3, -0.25) is 0 Å². The normalized spacial score (nSPS) is 25.5. The van der Waals surface area contributed by atoms with Crippen molar-refractivity contribution in [1.82, 2.24) is 0 Å². The van der Waals surface area contributed by atoms with Gasteiger partial charge in [0.1, 0.15) is 6.29 Å². The summed E-state index contributed by atoms with van der Waals surface area (Å²) >= 11 is 0. The van der Waals surface area contributed by atoms with Crippen LogP contribution in [0.25, 0.3) is 0 Å². The van der Waals surface area contributed by atoms with E-state index in [0.717, 1.165) is 38.4 Å². The summed E-state index contributed by atoms with van der Waals surface area (Å²) in [5.41, 5.74) is -0.870. The molecule has 0 aliphatic heterocycles. The van der Waals surface area contributed by atoms with E-state index in [1.807, 2.05) is 13.8 Å². The zero-order valence-corrected chi connectivity index (χ0v) is 8.68. The van der Waals surface area contributed by atoms with Crippen LogP contribution < -0.4 is 0 Å². The highest BCUT2D eigenvalue weighted by Crippen LogP contribution is 2.42. The molecular formula is C11H20O2. The number of aldehydes is 1. The third-order valence-electron chi connectivity index (χ3n) is 3.34. The average molecular weight is 184 g/mol. The Morgan fingerprint density at radius 1 is 1.46 bits per heavy atom. The summed E-state index contributed by atoms with van der Waals surface area (Å²) in [6.07, 6.45) is 6.64. The van der Waals surface area contributed by atoms with Crippen molar-refractivity contribution in [2.24, 2.45) is 5.41 Å². The Morgan fingerprint density at radius 3 is 2.38 bits per heavy atom. The minimum Gasteiger partial charge on any atom is -0.390 e. The maximum absolute atomic E-state index is 11.0. The monoisotopic (exact) mass is 184 g/mol. The molecule has 0 bridgehead atoms. The number of hydrogen-bond acceptors (Lipinski definition) is 2. The van der Waals surface area contributed by atoms with E-state index in [1.54, 1.807) is 0 Å². The molecule has 0 amide bonds. The molecule has 13 heavy (non-hydrogen) atoms. The molecule has 76 valence electrons. The Hall–Kier alpha value is -0.370. The second-order valence-corrected chi connectivity index (χ2v) is 4.71. The first-order valence-electron chi connectivity index (χ1n) is 5.22. The van der Waals surface area contributed by atoms with E-state index >= 15 is 0 Å². The minimum absolute atomic E-state index is 0.209. The van der Waals surface area contributed by atoms with Crippen molar-refractivity contribution in [3.63, 3.8) is 0 Å². The smallest absolute Gasteiger partial charge is 0.126 e. The van der Waals surface area contributed by atoms with Gasteiger partial charge in [-0.05, 0) is 32.6 Å². The fraction of sp³-hybridized carbons (Fsp3) is 0.909. The van der Waals surface area contributed by atoms with Crippen molar-refractivity contribution in [3.05, 3.63) is 0 Å². The summed E-state index contributed by atoms with van der Waals surface area (Å²) in [7, 11) is 0. The number of carbonyl (C=O) groups excluding carboxylic acids is 1. The van der Waals surface area contributed by atoms with Crippen LogP contribution in [0, 0.1) is 5.41 Å². The van der Waals surface area contributed by atoms with Crippen LogP contribution in [0.3, 0.4) is 0 Å². The molecule has 0 radical (unpaired) electrons. The predicted octanol–water partition coefficient (Wildman–Crippen LogP) is 2.30. The summed E-state index contributed by atoms with van der Waals surface area (Å²) in [5, 5.41) is 9.92. The molecule has 0 aromatic carbocycles. The van der Waals surface area contributed by atoms with Crippen molar-refractivity contribution in [2.45, 2.75) is 58.0 Å². The lowest BCUT2D eigenvalue weighted by molar-refractivity contribution is -0.119. The number of aliphatic hydroxyl groups is 1. The van der Waals surface area contributed by atoms with Gasteiger partial charge < -0.3 is 9.90 Å². The van der Waals surface area contributed by atoms with Gasteiger partial charge >= 0.3 is 0 Å². The lowest BCUT2D eigenvalue weighted by atomic mass is 9.77. The average Bonchev–Trinajstić information content (AvgIpc) is 2.53. The van der Waals surface area contributed by atoms with Gasteiger partial charge in [0, 0.05) is 5.41 Å². The molecule has 1 atom stereocenters. The number of rotatable bonds is 4. The highest BCUT2D eigenvalue weighted by Gasteiger charge is 2.38. The molecule has 2 heteroatoms. The number of hydrogen-bond donors (Lipinski definition) is 1. The Kier molecular flexibility index (Phi) is 3.12. The van der Waals surface area contributed by atoms with E-state index in [0.29, 0.717) is 6.42 Å². The van der Waals surface area contributed by atoms with E-state index in [9.17, 15) is 9.90 Å². The number of carbonyl (C=O) groups is 1. The fourth-order valence-electron chi connectivity index (χ4n) is 2.30. The topological polar surface area (TPSA) is 37.3 Å². The molecule has 2 nitrogen and oxygen atoms in total. The van der Waals surface area contributed by atoms with Crippen molar-refractivity contribution in [2.75, 3.05) is 0 Å². The molecule has 0 heterocycles. The second kappa shape index (κ2) is 3.79. The van der Waals surface area contributed by atoms with Crippen LogP contribution in [0.2, 0.25) is 0 Å². The van der Waals surface area contributed by atoms with E-state index in [-0.39, 0.29) is 5.41 Å². The van der Waals surface area contributed by atoms with E-state index < -0.39 is 5.60 Å². The van der Waals surface area contributed by atoms with Crippen molar-refractivity contribution >= 4 is 6.29 Å². The van der Waals surface area contributed by atoms with Gasteiger partial charge in [0.2, 0.25) is 0 Å². The maximum Gasteiger partial charge on any atom is 0.126 e. The van der Waals surface area contributed by atoms with Crippen LogP contribution in [0.4, 0.5) is 0 Å². The SMILES string of the molecule is CCC(C)(O)CC1(C=O)CCCC1. The standard InChI is InChI=1S/C11H20O2/c1-3-10(2,13)8-11(9-12)6-4-5-7-11/h9,13H,3-8H2,1-2H3. The molecular weight excluding hydrogens is 164 g/mol. The van der Waals surface area contributed by atoms with Gasteiger partial charge in [-0.2, -0.15) is 0 Å². The largest absolute Gasteiger partial charge is 0.390 e. The highest BCUT2D eigenvalue weighted by atomic mass is 16.3. The molecule has 0 saturated heterocycles. The van der Waals surface area contributed by atoms with E-state index in [4.69, 9.17) is 0 Å². The highest BCUT2D eigenvalue weighted by molar-refractivity contribution is 5.60. The molecule has 1 unspecified atom stereocenters. The molecule has 1 saturated carbocycles. The Bertz CT molecular complexity index is 179. The summed E-state index contributed by atoms with van der Waals surface area (Å²) in [4.78, 5) is 11.0. The fourth-order valence-corrected chi connectivity index (χ4v) is 2.30. The molecule has 1 N–H and O–H groups in total. The second-order valence-electron chi connectivity index (χ2n) is 4.71. The molecule has 1 aliphatic rings. The first-order chi connectivity index (χ1) is 6.04. The molecule has 1 aliphatic carbocycles. The van der Waals surface area contributed by atoms with Gasteiger partial charge in [-0.25, -0.2) is 0 Å². The van der Waals surface area contributed by atoms with Gasteiger partial charge in [-0.15, -0.1) is 0 Å². The quantitative estimate of drug-likeness (QED) is 0.681. The van der Waals surface area contributed by atoms with Crippen LogP contribution >= 0.6 is 0 Å². The third kappa shape index (κ3) is 2.53. The van der Waals surface area contributed by atoms with Gasteiger partial charge in [-0.1, -0.05) is 19.8 Å². The van der Waals surface area contributed by atoms with Crippen LogP contribution in [0.5, 0.6) is 0 Å². The maximum atomic E-state index is 11.0. The van der Waals surface area contributed by atoms with Crippen molar-refractivity contribution < 1.29 is 9.90 Å². The minimum atomic E-state index is -0.661. The summed E-state index contributed by atoms with van der Waals surface area (Å²) in [5.74, 6) is 0. The van der Waals surface area contributed by atoms with Crippen molar-refractivity contribution in [3.8, 4) is 0 Å². The zero-order valence-electron chi connectivity index (χ0n) is 8.68. The Labute approximate surface area is 80.3 Å². The van der Waals surface area contributed by atoms with E-state index in [2.05, 4.69) is 0 Å². The summed E-state index contributed by atoms with van der Waals surface area (Å²) in [6, 6.07) is 0. The van der Waals surface area contributed by atoms with Crippen LogP contribution in [0.1, 0.15) is 52.4 Å². The molecule has 1 rings (SSSR count). The first kappa shape index (κ1) is 10.7. The molecule has 0 spiro atoms. The molecule has 0 aromatic heterocycles.